The van der Waals surface area contributed by atoms with Gasteiger partial charge in [-0.1, -0.05) is 23.7 Å². The molecule has 0 aliphatic carbocycles. The molecule has 1 aliphatic rings. The topological polar surface area (TPSA) is 40.6 Å². The summed E-state index contributed by atoms with van der Waals surface area (Å²) in [6, 6.07) is 7.09. The molecule has 1 saturated heterocycles. The third kappa shape index (κ3) is 2.89. The Labute approximate surface area is 117 Å². The fourth-order valence-corrected chi connectivity index (χ4v) is 2.43. The fraction of sp³-hybridized carbons (Fsp3) is 0.429. The zero-order valence-corrected chi connectivity index (χ0v) is 11.9. The third-order valence-corrected chi connectivity index (χ3v) is 3.60. The average Bonchev–Trinajstić information content (AvgIpc) is 2.38. The average molecular weight is 281 g/mol. The van der Waals surface area contributed by atoms with E-state index in [0.29, 0.717) is 23.7 Å². The number of amides is 2. The first-order chi connectivity index (χ1) is 9.00. The Kier molecular flexibility index (Phi) is 4.10. The van der Waals surface area contributed by atoms with Crippen LogP contribution in [0.3, 0.4) is 0 Å². The molecular formula is C14H17ClN2O2. The highest BCUT2D eigenvalue weighted by molar-refractivity contribution is 6.33. The zero-order chi connectivity index (χ0) is 14.0. The van der Waals surface area contributed by atoms with Gasteiger partial charge in [0.15, 0.2) is 0 Å². The van der Waals surface area contributed by atoms with Gasteiger partial charge in [-0.15, -0.1) is 0 Å². The molecule has 0 saturated carbocycles. The Morgan fingerprint density at radius 3 is 2.53 bits per heavy atom. The van der Waals surface area contributed by atoms with Crippen molar-refractivity contribution in [2.75, 3.05) is 19.6 Å². The van der Waals surface area contributed by atoms with Crippen LogP contribution in [0.1, 0.15) is 24.2 Å². The first kappa shape index (κ1) is 13.9. The van der Waals surface area contributed by atoms with Crippen LogP contribution < -0.4 is 0 Å². The molecular weight excluding hydrogens is 264 g/mol. The van der Waals surface area contributed by atoms with Crippen molar-refractivity contribution in [3.8, 4) is 0 Å². The van der Waals surface area contributed by atoms with Crippen LogP contribution in [-0.2, 0) is 4.79 Å². The molecule has 0 bridgehead atoms. The van der Waals surface area contributed by atoms with Crippen molar-refractivity contribution in [3.63, 3.8) is 0 Å². The number of rotatable bonds is 2. The standard InChI is InChI=1S/C14H17ClN2O2/c1-10(2)17-8-7-16(9-13(17)18)14(19)11-5-3-4-6-12(11)15/h3-6,10H,7-9H2,1-2H3. The summed E-state index contributed by atoms with van der Waals surface area (Å²) in [6.45, 7) is 5.20. The molecule has 0 N–H and O–H groups in total. The molecule has 4 nitrogen and oxygen atoms in total. The molecule has 5 heteroatoms. The lowest BCUT2D eigenvalue weighted by Crippen LogP contribution is -2.54. The summed E-state index contributed by atoms with van der Waals surface area (Å²) < 4.78 is 0. The quantitative estimate of drug-likeness (QED) is 0.832. The maximum absolute atomic E-state index is 12.3. The van der Waals surface area contributed by atoms with Crippen molar-refractivity contribution in [2.45, 2.75) is 19.9 Å². The van der Waals surface area contributed by atoms with Gasteiger partial charge in [0.05, 0.1) is 10.6 Å². The van der Waals surface area contributed by atoms with Gasteiger partial charge in [0.2, 0.25) is 5.91 Å². The summed E-state index contributed by atoms with van der Waals surface area (Å²) in [6.07, 6.45) is 0. The first-order valence-corrected chi connectivity index (χ1v) is 6.71. The molecule has 102 valence electrons. The maximum Gasteiger partial charge on any atom is 0.255 e. The predicted molar refractivity (Wildman–Crippen MR) is 74.2 cm³/mol. The minimum absolute atomic E-state index is 0.0124. The van der Waals surface area contributed by atoms with Gasteiger partial charge in [0, 0.05) is 19.1 Å². The van der Waals surface area contributed by atoms with Gasteiger partial charge in [-0.25, -0.2) is 0 Å². The van der Waals surface area contributed by atoms with Crippen molar-refractivity contribution in [2.24, 2.45) is 0 Å². The molecule has 0 spiro atoms. The summed E-state index contributed by atoms with van der Waals surface area (Å²) in [7, 11) is 0. The van der Waals surface area contributed by atoms with Crippen molar-refractivity contribution < 1.29 is 9.59 Å². The van der Waals surface area contributed by atoms with Crippen LogP contribution in [0.2, 0.25) is 5.02 Å². The molecule has 0 atom stereocenters. The van der Waals surface area contributed by atoms with Gasteiger partial charge in [0.25, 0.3) is 5.91 Å². The molecule has 0 radical (unpaired) electrons. The van der Waals surface area contributed by atoms with Crippen LogP contribution in [0.5, 0.6) is 0 Å². The lowest BCUT2D eigenvalue weighted by atomic mass is 10.1. The summed E-state index contributed by atoms with van der Waals surface area (Å²) in [5, 5.41) is 0.422. The molecule has 19 heavy (non-hydrogen) atoms. The smallest absolute Gasteiger partial charge is 0.255 e. The van der Waals surface area contributed by atoms with Crippen LogP contribution in [-0.4, -0.2) is 47.3 Å². The Morgan fingerprint density at radius 1 is 1.26 bits per heavy atom. The third-order valence-electron chi connectivity index (χ3n) is 3.27. The van der Waals surface area contributed by atoms with Crippen LogP contribution in [0.4, 0.5) is 0 Å². The molecule has 2 rings (SSSR count). The molecule has 1 heterocycles. The zero-order valence-electron chi connectivity index (χ0n) is 11.1. The number of benzene rings is 1. The second-order valence-corrected chi connectivity index (χ2v) is 5.29. The van der Waals surface area contributed by atoms with Gasteiger partial charge >= 0.3 is 0 Å². The Morgan fingerprint density at radius 2 is 1.95 bits per heavy atom. The molecule has 2 amide bonds. The molecule has 1 aromatic rings. The van der Waals surface area contributed by atoms with Crippen molar-refractivity contribution in [3.05, 3.63) is 34.9 Å². The normalized spacial score (nSPS) is 16.1. The molecule has 0 aromatic heterocycles. The van der Waals surface area contributed by atoms with Crippen LogP contribution in [0.25, 0.3) is 0 Å². The van der Waals surface area contributed by atoms with Gasteiger partial charge in [0.1, 0.15) is 6.54 Å². The summed E-state index contributed by atoms with van der Waals surface area (Å²) >= 11 is 6.01. The Bertz CT molecular complexity index is 502. The highest BCUT2D eigenvalue weighted by Gasteiger charge is 2.29. The number of hydrogen-bond acceptors (Lipinski definition) is 2. The van der Waals surface area contributed by atoms with E-state index in [2.05, 4.69) is 0 Å². The van der Waals surface area contributed by atoms with Crippen molar-refractivity contribution in [1.82, 2.24) is 9.80 Å². The van der Waals surface area contributed by atoms with Crippen molar-refractivity contribution in [1.29, 1.82) is 0 Å². The van der Waals surface area contributed by atoms with E-state index in [1.165, 1.54) is 0 Å². The Balaban J connectivity index is 2.11. The SMILES string of the molecule is CC(C)N1CCN(C(=O)c2ccccc2Cl)CC1=O. The molecule has 0 unspecified atom stereocenters. The monoisotopic (exact) mass is 280 g/mol. The highest BCUT2D eigenvalue weighted by Crippen LogP contribution is 2.18. The lowest BCUT2D eigenvalue weighted by molar-refractivity contribution is -0.136. The number of carbonyl (C=O) groups is 2. The van der Waals surface area contributed by atoms with E-state index in [1.807, 2.05) is 13.8 Å². The summed E-state index contributed by atoms with van der Waals surface area (Å²) in [4.78, 5) is 27.6. The second-order valence-electron chi connectivity index (χ2n) is 4.89. The minimum Gasteiger partial charge on any atom is -0.337 e. The lowest BCUT2D eigenvalue weighted by Gasteiger charge is -2.36. The minimum atomic E-state index is -0.178. The largest absolute Gasteiger partial charge is 0.337 e. The van der Waals surface area contributed by atoms with Gasteiger partial charge < -0.3 is 9.80 Å². The van der Waals surface area contributed by atoms with E-state index in [4.69, 9.17) is 11.6 Å². The van der Waals surface area contributed by atoms with Gasteiger partial charge in [-0.2, -0.15) is 0 Å². The van der Waals surface area contributed by atoms with E-state index in [0.717, 1.165) is 0 Å². The van der Waals surface area contributed by atoms with E-state index < -0.39 is 0 Å². The van der Waals surface area contributed by atoms with E-state index in [-0.39, 0.29) is 24.4 Å². The van der Waals surface area contributed by atoms with Crippen LogP contribution >= 0.6 is 11.6 Å². The van der Waals surface area contributed by atoms with Gasteiger partial charge in [-0.05, 0) is 26.0 Å². The number of carbonyl (C=O) groups excluding carboxylic acids is 2. The fourth-order valence-electron chi connectivity index (χ4n) is 2.21. The highest BCUT2D eigenvalue weighted by atomic mass is 35.5. The number of nitrogens with zero attached hydrogens (tertiary/aromatic N) is 2. The van der Waals surface area contributed by atoms with E-state index in [1.54, 1.807) is 34.1 Å². The first-order valence-electron chi connectivity index (χ1n) is 6.34. The number of halogens is 1. The van der Waals surface area contributed by atoms with Crippen LogP contribution in [0, 0.1) is 0 Å². The predicted octanol–water partition coefficient (Wildman–Crippen LogP) is 2.03. The summed E-state index contributed by atoms with van der Waals surface area (Å²) in [5.41, 5.74) is 0.454. The number of hydrogen-bond donors (Lipinski definition) is 0. The van der Waals surface area contributed by atoms with Crippen molar-refractivity contribution >= 4 is 23.4 Å². The molecule has 1 aromatic carbocycles. The summed E-state index contributed by atoms with van der Waals surface area (Å²) in [5.74, 6) is -0.191. The Hall–Kier alpha value is -1.55. The van der Waals surface area contributed by atoms with E-state index >= 15 is 0 Å². The van der Waals surface area contributed by atoms with Gasteiger partial charge in [-0.3, -0.25) is 9.59 Å². The van der Waals surface area contributed by atoms with Crippen LogP contribution in [0.15, 0.2) is 24.3 Å². The maximum atomic E-state index is 12.3. The van der Waals surface area contributed by atoms with E-state index in [9.17, 15) is 9.59 Å². The second kappa shape index (κ2) is 5.61. The molecule has 1 fully saturated rings. The molecule has 1 aliphatic heterocycles. The number of piperazine rings is 1.